The van der Waals surface area contributed by atoms with Gasteiger partial charge in [0.2, 0.25) is 0 Å². The molecule has 0 amide bonds. The monoisotopic (exact) mass is 370 g/mol. The van der Waals surface area contributed by atoms with Crippen molar-refractivity contribution in [1.82, 2.24) is 0 Å². The highest BCUT2D eigenvalue weighted by Crippen LogP contribution is 2.62. The van der Waals surface area contributed by atoms with Crippen LogP contribution in [0.4, 0.5) is 0 Å². The van der Waals surface area contributed by atoms with E-state index in [-0.39, 0.29) is 5.75 Å². The van der Waals surface area contributed by atoms with Crippen LogP contribution in [0.15, 0.2) is 23.8 Å². The SMILES string of the molecule is COc1cc2c(cc1O)CC[C@@H]1[C@@H]2CC[C@]2(C)C([C@H](C)CCCO)=CC[C@@H]12. The van der Waals surface area contributed by atoms with E-state index < -0.39 is 0 Å². The lowest BCUT2D eigenvalue weighted by Gasteiger charge is -2.51. The van der Waals surface area contributed by atoms with Gasteiger partial charge in [-0.15, -0.1) is 0 Å². The highest BCUT2D eigenvalue weighted by molar-refractivity contribution is 5.49. The minimum absolute atomic E-state index is 0.276. The van der Waals surface area contributed by atoms with E-state index in [1.807, 2.05) is 6.07 Å². The Hall–Kier alpha value is -1.48. The van der Waals surface area contributed by atoms with Crippen molar-refractivity contribution in [1.29, 1.82) is 0 Å². The molecular formula is C24H34O3. The molecule has 0 unspecified atom stereocenters. The molecule has 0 spiro atoms. The van der Waals surface area contributed by atoms with Crippen LogP contribution in [-0.2, 0) is 6.42 Å². The van der Waals surface area contributed by atoms with E-state index in [0.717, 1.165) is 31.1 Å². The van der Waals surface area contributed by atoms with Gasteiger partial charge in [-0.1, -0.05) is 25.5 Å². The van der Waals surface area contributed by atoms with Crippen molar-refractivity contribution in [2.45, 2.75) is 64.7 Å². The number of aryl methyl sites for hydroxylation is 1. The van der Waals surface area contributed by atoms with E-state index in [0.29, 0.717) is 29.6 Å². The summed E-state index contributed by atoms with van der Waals surface area (Å²) in [5.41, 5.74) is 4.73. The first-order valence-electron chi connectivity index (χ1n) is 10.7. The van der Waals surface area contributed by atoms with Crippen LogP contribution in [-0.4, -0.2) is 23.9 Å². The molecular weight excluding hydrogens is 336 g/mol. The molecule has 3 aliphatic carbocycles. The number of hydrogen-bond donors (Lipinski definition) is 2. The predicted molar refractivity (Wildman–Crippen MR) is 108 cm³/mol. The Morgan fingerprint density at radius 1 is 1.30 bits per heavy atom. The van der Waals surface area contributed by atoms with Gasteiger partial charge >= 0.3 is 0 Å². The van der Waals surface area contributed by atoms with E-state index in [4.69, 9.17) is 4.74 Å². The summed E-state index contributed by atoms with van der Waals surface area (Å²) in [6.07, 6.45) is 10.5. The molecule has 2 N–H and O–H groups in total. The van der Waals surface area contributed by atoms with Crippen molar-refractivity contribution >= 4 is 0 Å². The van der Waals surface area contributed by atoms with Crippen LogP contribution in [0.5, 0.6) is 11.5 Å². The molecule has 1 aromatic rings. The number of benzene rings is 1. The Morgan fingerprint density at radius 3 is 2.85 bits per heavy atom. The second-order valence-corrected chi connectivity index (χ2v) is 9.26. The fourth-order valence-corrected chi connectivity index (χ4v) is 6.67. The molecule has 1 aromatic carbocycles. The fraction of sp³-hybridized carbons (Fsp3) is 0.667. The Labute approximate surface area is 163 Å². The quantitative estimate of drug-likeness (QED) is 0.700. The number of rotatable bonds is 5. The van der Waals surface area contributed by atoms with Gasteiger partial charge in [-0.2, -0.15) is 0 Å². The van der Waals surface area contributed by atoms with Crippen LogP contribution in [0.2, 0.25) is 0 Å². The number of aromatic hydroxyl groups is 1. The van der Waals surface area contributed by atoms with E-state index in [9.17, 15) is 10.2 Å². The van der Waals surface area contributed by atoms with E-state index in [1.54, 1.807) is 12.7 Å². The van der Waals surface area contributed by atoms with Gasteiger partial charge < -0.3 is 14.9 Å². The third-order valence-electron chi connectivity index (χ3n) is 7.99. The first-order valence-corrected chi connectivity index (χ1v) is 10.7. The smallest absolute Gasteiger partial charge is 0.160 e. The molecule has 5 atom stereocenters. The first-order chi connectivity index (χ1) is 13.0. The number of aliphatic hydroxyl groups excluding tert-OH is 1. The summed E-state index contributed by atoms with van der Waals surface area (Å²) >= 11 is 0. The molecule has 0 radical (unpaired) electrons. The standard InChI is InChI=1S/C24H34O3/c1-15(5-4-12-25)20-8-9-21-18-7-6-16-13-22(26)23(27-3)14-19(16)17(18)10-11-24(20,21)2/h8,13-15,17-18,21,25-26H,4-7,9-12H2,1-3H3/t15-,17+,18-,21+,24-/m1/s1. The molecule has 27 heavy (non-hydrogen) atoms. The third-order valence-corrected chi connectivity index (χ3v) is 7.99. The van der Waals surface area contributed by atoms with Crippen LogP contribution < -0.4 is 4.74 Å². The minimum atomic E-state index is 0.276. The summed E-state index contributed by atoms with van der Waals surface area (Å²) in [5, 5.41) is 19.4. The number of aliphatic hydroxyl groups is 1. The maximum Gasteiger partial charge on any atom is 0.160 e. The summed E-state index contributed by atoms with van der Waals surface area (Å²) < 4.78 is 5.40. The van der Waals surface area contributed by atoms with Gasteiger partial charge in [-0.3, -0.25) is 0 Å². The molecule has 4 rings (SSSR count). The van der Waals surface area contributed by atoms with E-state index in [1.165, 1.54) is 36.8 Å². The van der Waals surface area contributed by atoms with Crippen molar-refractivity contribution < 1.29 is 14.9 Å². The van der Waals surface area contributed by atoms with Gasteiger partial charge in [-0.25, -0.2) is 0 Å². The molecule has 0 heterocycles. The molecule has 1 fully saturated rings. The van der Waals surface area contributed by atoms with Crippen LogP contribution >= 0.6 is 0 Å². The van der Waals surface area contributed by atoms with Crippen molar-refractivity contribution in [3.8, 4) is 11.5 Å². The number of ether oxygens (including phenoxy) is 1. The average Bonchev–Trinajstić information content (AvgIpc) is 3.02. The number of fused-ring (bicyclic) bond motifs is 5. The van der Waals surface area contributed by atoms with Crippen molar-refractivity contribution in [2.75, 3.05) is 13.7 Å². The van der Waals surface area contributed by atoms with E-state index in [2.05, 4.69) is 26.0 Å². The van der Waals surface area contributed by atoms with Crippen LogP contribution in [0, 0.1) is 23.2 Å². The summed E-state index contributed by atoms with van der Waals surface area (Å²) in [6, 6.07) is 4.05. The fourth-order valence-electron chi connectivity index (χ4n) is 6.67. The molecule has 0 aromatic heterocycles. The minimum Gasteiger partial charge on any atom is -0.504 e. The van der Waals surface area contributed by atoms with Crippen molar-refractivity contribution in [2.24, 2.45) is 23.2 Å². The van der Waals surface area contributed by atoms with Gasteiger partial charge in [0.1, 0.15) is 0 Å². The topological polar surface area (TPSA) is 49.7 Å². The highest BCUT2D eigenvalue weighted by Gasteiger charge is 2.52. The van der Waals surface area contributed by atoms with Crippen molar-refractivity contribution in [3.05, 3.63) is 34.9 Å². The summed E-state index contributed by atoms with van der Waals surface area (Å²) in [4.78, 5) is 0. The van der Waals surface area contributed by atoms with Crippen molar-refractivity contribution in [3.63, 3.8) is 0 Å². The molecule has 1 saturated carbocycles. The lowest BCUT2D eigenvalue weighted by Crippen LogP contribution is -2.42. The molecule has 3 heteroatoms. The zero-order valence-electron chi connectivity index (χ0n) is 17.0. The maximum absolute atomic E-state index is 10.2. The van der Waals surface area contributed by atoms with E-state index >= 15 is 0 Å². The average molecular weight is 371 g/mol. The molecule has 0 aliphatic heterocycles. The Kier molecular flexibility index (Phi) is 5.00. The zero-order chi connectivity index (χ0) is 19.2. The maximum atomic E-state index is 10.2. The van der Waals surface area contributed by atoms with Gasteiger partial charge in [0.15, 0.2) is 11.5 Å². The normalized spacial score (nSPS) is 32.9. The highest BCUT2D eigenvalue weighted by atomic mass is 16.5. The summed E-state index contributed by atoms with van der Waals surface area (Å²) in [5.74, 6) is 3.53. The van der Waals surface area contributed by atoms with Crippen LogP contribution in [0.25, 0.3) is 0 Å². The molecule has 3 aliphatic rings. The van der Waals surface area contributed by atoms with Crippen LogP contribution in [0.1, 0.15) is 69.4 Å². The second kappa shape index (κ2) is 7.16. The second-order valence-electron chi connectivity index (χ2n) is 9.26. The predicted octanol–water partition coefficient (Wildman–Crippen LogP) is 5.20. The zero-order valence-corrected chi connectivity index (χ0v) is 17.0. The summed E-state index contributed by atoms with van der Waals surface area (Å²) in [7, 11) is 1.64. The largest absolute Gasteiger partial charge is 0.504 e. The lowest BCUT2D eigenvalue weighted by atomic mass is 9.53. The lowest BCUT2D eigenvalue weighted by molar-refractivity contribution is 0.0683. The third kappa shape index (κ3) is 2.99. The Balaban J connectivity index is 1.60. The number of hydrogen-bond acceptors (Lipinski definition) is 3. The Morgan fingerprint density at radius 2 is 2.11 bits per heavy atom. The van der Waals surface area contributed by atoms with Gasteiger partial charge in [-0.05, 0) is 97.3 Å². The van der Waals surface area contributed by atoms with Gasteiger partial charge in [0, 0.05) is 6.61 Å². The number of methoxy groups -OCH3 is 1. The Bertz CT molecular complexity index is 737. The molecule has 3 nitrogen and oxygen atoms in total. The summed E-state index contributed by atoms with van der Waals surface area (Å²) in [6.45, 7) is 5.16. The van der Waals surface area contributed by atoms with Crippen LogP contribution in [0.3, 0.4) is 0 Å². The number of phenols is 1. The van der Waals surface area contributed by atoms with Gasteiger partial charge in [0.25, 0.3) is 0 Å². The first kappa shape index (κ1) is 18.9. The molecule has 148 valence electrons. The molecule has 0 bridgehead atoms. The molecule has 0 saturated heterocycles. The van der Waals surface area contributed by atoms with Gasteiger partial charge in [0.05, 0.1) is 7.11 Å². The number of allylic oxidation sites excluding steroid dienone is 2. The number of phenolic OH excluding ortho intramolecular Hbond substituents is 1.